The SMILES string of the molecule is CC(=O)CN1CCCNS1(=O)=O. The Hall–Kier alpha value is -0.460. The maximum Gasteiger partial charge on any atom is 0.279 e. The zero-order valence-corrected chi connectivity index (χ0v) is 7.73. The summed E-state index contributed by atoms with van der Waals surface area (Å²) in [4.78, 5) is 10.7. The van der Waals surface area contributed by atoms with Crippen molar-refractivity contribution >= 4 is 16.0 Å². The van der Waals surface area contributed by atoms with Crippen LogP contribution in [0.1, 0.15) is 13.3 Å². The number of carbonyl (C=O) groups is 1. The third kappa shape index (κ3) is 2.26. The van der Waals surface area contributed by atoms with E-state index in [2.05, 4.69) is 4.72 Å². The van der Waals surface area contributed by atoms with Crippen LogP contribution in [0.3, 0.4) is 0 Å². The third-order valence-corrected chi connectivity index (χ3v) is 3.17. The van der Waals surface area contributed by atoms with Crippen LogP contribution in [0.25, 0.3) is 0 Å². The highest BCUT2D eigenvalue weighted by Crippen LogP contribution is 2.04. The summed E-state index contributed by atoms with van der Waals surface area (Å²) in [5, 5.41) is 0. The van der Waals surface area contributed by atoms with Crippen molar-refractivity contribution in [3.63, 3.8) is 0 Å². The largest absolute Gasteiger partial charge is 0.299 e. The molecule has 0 saturated carbocycles. The molecule has 1 N–H and O–H groups in total. The van der Waals surface area contributed by atoms with Crippen LogP contribution in [0, 0.1) is 0 Å². The second-order valence-corrected chi connectivity index (χ2v) is 4.54. The summed E-state index contributed by atoms with van der Waals surface area (Å²) in [6.07, 6.45) is 0.756. The van der Waals surface area contributed by atoms with E-state index in [1.807, 2.05) is 0 Å². The minimum absolute atomic E-state index is 0.0185. The van der Waals surface area contributed by atoms with Gasteiger partial charge in [0, 0.05) is 13.1 Å². The molecule has 5 nitrogen and oxygen atoms in total. The van der Waals surface area contributed by atoms with Crippen molar-refractivity contribution in [2.75, 3.05) is 19.6 Å². The van der Waals surface area contributed by atoms with E-state index in [0.717, 1.165) is 6.42 Å². The van der Waals surface area contributed by atoms with Gasteiger partial charge in [0.2, 0.25) is 0 Å². The molecule has 0 radical (unpaired) electrons. The highest BCUT2D eigenvalue weighted by Gasteiger charge is 2.25. The van der Waals surface area contributed by atoms with Gasteiger partial charge in [0.25, 0.3) is 10.2 Å². The quantitative estimate of drug-likeness (QED) is 0.617. The number of Topliss-reactive ketones (excluding diaryl/α,β-unsaturated/α-hetero) is 1. The van der Waals surface area contributed by atoms with Crippen LogP contribution < -0.4 is 4.72 Å². The van der Waals surface area contributed by atoms with Crippen LogP contribution in [-0.2, 0) is 15.0 Å². The Bertz CT molecular complexity index is 273. The van der Waals surface area contributed by atoms with Gasteiger partial charge >= 0.3 is 0 Å². The van der Waals surface area contributed by atoms with Crippen molar-refractivity contribution < 1.29 is 13.2 Å². The van der Waals surface area contributed by atoms with Gasteiger partial charge in [-0.15, -0.1) is 0 Å². The molecule has 0 spiro atoms. The van der Waals surface area contributed by atoms with Crippen molar-refractivity contribution in [1.82, 2.24) is 9.03 Å². The number of nitrogens with zero attached hydrogens (tertiary/aromatic N) is 1. The molecule has 1 fully saturated rings. The fourth-order valence-corrected chi connectivity index (χ4v) is 2.39. The van der Waals surface area contributed by atoms with Crippen LogP contribution in [0.5, 0.6) is 0 Å². The molecule has 12 heavy (non-hydrogen) atoms. The lowest BCUT2D eigenvalue weighted by Gasteiger charge is -2.25. The molecule has 0 aromatic rings. The van der Waals surface area contributed by atoms with Crippen LogP contribution in [0.4, 0.5) is 0 Å². The Morgan fingerprint density at radius 3 is 2.75 bits per heavy atom. The van der Waals surface area contributed by atoms with Crippen molar-refractivity contribution in [2.24, 2.45) is 0 Å². The van der Waals surface area contributed by atoms with Crippen molar-refractivity contribution in [3.8, 4) is 0 Å². The normalized spacial score (nSPS) is 23.8. The summed E-state index contributed by atoms with van der Waals surface area (Å²) in [6, 6.07) is 0. The maximum absolute atomic E-state index is 11.2. The first-order valence-corrected chi connectivity index (χ1v) is 5.20. The standard InChI is InChI=1S/C6H12N2O3S/c1-6(9)5-8-4-2-3-7-12(8,10)11/h7H,2-5H2,1H3. The van der Waals surface area contributed by atoms with E-state index in [1.165, 1.54) is 11.2 Å². The summed E-state index contributed by atoms with van der Waals surface area (Å²) in [6.45, 7) is 2.27. The molecule has 0 atom stereocenters. The van der Waals surface area contributed by atoms with Crippen LogP contribution >= 0.6 is 0 Å². The fourth-order valence-electron chi connectivity index (χ4n) is 1.08. The van der Waals surface area contributed by atoms with Gasteiger partial charge in [0.1, 0.15) is 5.78 Å². The summed E-state index contributed by atoms with van der Waals surface area (Å²) in [7, 11) is -3.36. The minimum Gasteiger partial charge on any atom is -0.299 e. The Morgan fingerprint density at radius 1 is 1.58 bits per heavy atom. The van der Waals surface area contributed by atoms with Crippen LogP contribution in [-0.4, -0.2) is 38.1 Å². The Kier molecular flexibility index (Phi) is 2.81. The molecular weight excluding hydrogens is 180 g/mol. The molecule has 6 heteroatoms. The van der Waals surface area contributed by atoms with Crippen molar-refractivity contribution in [1.29, 1.82) is 0 Å². The molecule has 1 aliphatic rings. The second kappa shape index (κ2) is 3.51. The monoisotopic (exact) mass is 192 g/mol. The molecule has 0 amide bonds. The van der Waals surface area contributed by atoms with Gasteiger partial charge in [-0.2, -0.15) is 12.7 Å². The number of ketones is 1. The zero-order chi connectivity index (χ0) is 9.19. The molecule has 1 saturated heterocycles. The molecule has 70 valence electrons. The van der Waals surface area contributed by atoms with E-state index >= 15 is 0 Å². The molecule has 1 heterocycles. The van der Waals surface area contributed by atoms with Gasteiger partial charge in [0.05, 0.1) is 6.54 Å². The van der Waals surface area contributed by atoms with Gasteiger partial charge in [-0.1, -0.05) is 0 Å². The topological polar surface area (TPSA) is 66.5 Å². The molecule has 1 rings (SSSR count). The van der Waals surface area contributed by atoms with E-state index in [-0.39, 0.29) is 12.3 Å². The smallest absolute Gasteiger partial charge is 0.279 e. The van der Waals surface area contributed by atoms with Crippen molar-refractivity contribution in [2.45, 2.75) is 13.3 Å². The van der Waals surface area contributed by atoms with Crippen LogP contribution in [0.2, 0.25) is 0 Å². The summed E-state index contributed by atoms with van der Waals surface area (Å²) in [5.74, 6) is -0.137. The second-order valence-electron chi connectivity index (χ2n) is 2.79. The first kappa shape index (κ1) is 9.63. The van der Waals surface area contributed by atoms with Crippen molar-refractivity contribution in [3.05, 3.63) is 0 Å². The van der Waals surface area contributed by atoms with Gasteiger partial charge in [-0.05, 0) is 13.3 Å². The highest BCUT2D eigenvalue weighted by molar-refractivity contribution is 7.87. The predicted octanol–water partition coefficient (Wildman–Crippen LogP) is -0.884. The average Bonchev–Trinajstić information content (AvgIpc) is 1.92. The molecule has 0 aromatic heterocycles. The third-order valence-electron chi connectivity index (χ3n) is 1.61. The Balaban J connectivity index is 2.67. The lowest BCUT2D eigenvalue weighted by atomic mass is 10.4. The Labute approximate surface area is 71.9 Å². The minimum atomic E-state index is -3.36. The average molecular weight is 192 g/mol. The van der Waals surface area contributed by atoms with Crippen LogP contribution in [0.15, 0.2) is 0 Å². The zero-order valence-electron chi connectivity index (χ0n) is 6.91. The highest BCUT2D eigenvalue weighted by atomic mass is 32.2. The fraction of sp³-hybridized carbons (Fsp3) is 0.833. The lowest BCUT2D eigenvalue weighted by molar-refractivity contribution is -0.117. The number of carbonyl (C=O) groups excluding carboxylic acids is 1. The van der Waals surface area contributed by atoms with Gasteiger partial charge < -0.3 is 0 Å². The number of hydrogen-bond acceptors (Lipinski definition) is 3. The Morgan fingerprint density at radius 2 is 2.25 bits per heavy atom. The summed E-state index contributed by atoms with van der Waals surface area (Å²) >= 11 is 0. The first-order chi connectivity index (χ1) is 5.52. The molecule has 0 bridgehead atoms. The van der Waals surface area contributed by atoms with E-state index in [0.29, 0.717) is 13.1 Å². The number of nitrogens with one attached hydrogen (secondary N) is 1. The van der Waals surface area contributed by atoms with E-state index in [1.54, 1.807) is 0 Å². The summed E-state index contributed by atoms with van der Waals surface area (Å²) in [5.41, 5.74) is 0. The maximum atomic E-state index is 11.2. The molecule has 0 aliphatic carbocycles. The van der Waals surface area contributed by atoms with E-state index < -0.39 is 10.2 Å². The number of hydrogen-bond donors (Lipinski definition) is 1. The lowest BCUT2D eigenvalue weighted by Crippen LogP contribution is -2.48. The summed E-state index contributed by atoms with van der Waals surface area (Å²) < 4.78 is 25.9. The van der Waals surface area contributed by atoms with Gasteiger partial charge in [0.15, 0.2) is 0 Å². The van der Waals surface area contributed by atoms with E-state index in [4.69, 9.17) is 0 Å². The first-order valence-electron chi connectivity index (χ1n) is 3.76. The number of rotatable bonds is 2. The molecule has 0 unspecified atom stereocenters. The molecule has 0 aromatic carbocycles. The molecular formula is C6H12N2O3S. The van der Waals surface area contributed by atoms with E-state index in [9.17, 15) is 13.2 Å². The van der Waals surface area contributed by atoms with Gasteiger partial charge in [-0.25, -0.2) is 4.72 Å². The predicted molar refractivity (Wildman–Crippen MR) is 43.8 cm³/mol. The molecule has 1 aliphatic heterocycles. The van der Waals surface area contributed by atoms with Gasteiger partial charge in [-0.3, -0.25) is 4.79 Å².